The van der Waals surface area contributed by atoms with Gasteiger partial charge in [-0.2, -0.15) is 0 Å². The maximum absolute atomic E-state index is 13.5. The summed E-state index contributed by atoms with van der Waals surface area (Å²) in [6.45, 7) is 2.67. The highest BCUT2D eigenvalue weighted by Crippen LogP contribution is 2.29. The Morgan fingerprint density at radius 1 is 1.58 bits per heavy atom. The number of nitrogens with one attached hydrogen (secondary N) is 1. The molecule has 104 valence electrons. The third-order valence-electron chi connectivity index (χ3n) is 3.01. The minimum atomic E-state index is -0.371. The van der Waals surface area contributed by atoms with Gasteiger partial charge in [-0.15, -0.1) is 0 Å². The van der Waals surface area contributed by atoms with Gasteiger partial charge < -0.3 is 20.5 Å². The highest BCUT2D eigenvalue weighted by Gasteiger charge is 2.18. The van der Waals surface area contributed by atoms with Gasteiger partial charge in [0.25, 0.3) is 0 Å². The Morgan fingerprint density at radius 3 is 3.11 bits per heavy atom. The minimum absolute atomic E-state index is 0.138. The number of hydrogen-bond acceptors (Lipinski definition) is 4. The summed E-state index contributed by atoms with van der Waals surface area (Å²) >= 11 is 0. The second-order valence-corrected chi connectivity index (χ2v) is 4.52. The Hall–Kier alpha value is -1.66. The fourth-order valence-electron chi connectivity index (χ4n) is 1.85. The van der Waals surface area contributed by atoms with Crippen LogP contribution in [0.3, 0.4) is 0 Å². The number of rotatable bonds is 4. The maximum Gasteiger partial charge on any atom is 0.224 e. The van der Waals surface area contributed by atoms with Crippen molar-refractivity contribution >= 4 is 5.91 Å². The maximum atomic E-state index is 13.5. The van der Waals surface area contributed by atoms with E-state index in [9.17, 15) is 9.18 Å². The van der Waals surface area contributed by atoms with Crippen molar-refractivity contribution in [3.63, 3.8) is 0 Å². The van der Waals surface area contributed by atoms with Gasteiger partial charge in [0.15, 0.2) is 6.79 Å². The van der Waals surface area contributed by atoms with Crippen molar-refractivity contribution in [2.24, 2.45) is 11.7 Å². The molecule has 1 aromatic carbocycles. The molecular weight excluding hydrogens is 251 g/mol. The zero-order chi connectivity index (χ0) is 13.8. The Bertz CT molecular complexity index is 479. The molecule has 0 bridgehead atoms. The van der Waals surface area contributed by atoms with E-state index in [1.165, 1.54) is 12.1 Å². The van der Waals surface area contributed by atoms with E-state index in [4.69, 9.17) is 15.2 Å². The van der Waals surface area contributed by atoms with Gasteiger partial charge >= 0.3 is 0 Å². The van der Waals surface area contributed by atoms with Crippen LogP contribution in [0.4, 0.5) is 4.39 Å². The van der Waals surface area contributed by atoms with E-state index < -0.39 is 0 Å². The van der Waals surface area contributed by atoms with Crippen molar-refractivity contribution in [3.8, 4) is 5.75 Å². The molecule has 0 radical (unpaired) electrons. The quantitative estimate of drug-likeness (QED) is 0.851. The molecule has 3 N–H and O–H groups in total. The van der Waals surface area contributed by atoms with Gasteiger partial charge in [-0.1, -0.05) is 6.92 Å². The summed E-state index contributed by atoms with van der Waals surface area (Å²) in [5.41, 5.74) is 6.68. The summed E-state index contributed by atoms with van der Waals surface area (Å²) in [6, 6.07) is 2.74. The predicted octanol–water partition coefficient (Wildman–Crippen LogP) is 0.903. The molecule has 1 heterocycles. The molecule has 1 amide bonds. The van der Waals surface area contributed by atoms with Crippen molar-refractivity contribution in [1.29, 1.82) is 0 Å². The van der Waals surface area contributed by atoms with E-state index in [2.05, 4.69) is 5.32 Å². The van der Waals surface area contributed by atoms with Crippen molar-refractivity contribution < 1.29 is 18.7 Å². The molecule has 1 aliphatic rings. The van der Waals surface area contributed by atoms with Crippen molar-refractivity contribution in [1.82, 2.24) is 5.32 Å². The van der Waals surface area contributed by atoms with Gasteiger partial charge in [0.1, 0.15) is 11.6 Å². The molecule has 1 unspecified atom stereocenters. The van der Waals surface area contributed by atoms with Gasteiger partial charge in [-0.25, -0.2) is 4.39 Å². The molecule has 1 atom stereocenters. The van der Waals surface area contributed by atoms with E-state index in [-0.39, 0.29) is 37.5 Å². The van der Waals surface area contributed by atoms with Crippen LogP contribution in [0, 0.1) is 11.7 Å². The average Bonchev–Trinajstić information content (AvgIpc) is 2.43. The van der Waals surface area contributed by atoms with Crippen LogP contribution in [0.25, 0.3) is 0 Å². The first-order valence-corrected chi connectivity index (χ1v) is 6.11. The number of halogens is 1. The summed E-state index contributed by atoms with van der Waals surface area (Å²) in [5, 5.41) is 2.72. The normalized spacial score (nSPS) is 15.3. The first-order chi connectivity index (χ1) is 9.11. The molecule has 1 aromatic rings. The zero-order valence-corrected chi connectivity index (χ0v) is 10.7. The Balaban J connectivity index is 2.12. The monoisotopic (exact) mass is 268 g/mol. The van der Waals surface area contributed by atoms with Crippen LogP contribution in [0.2, 0.25) is 0 Å². The standard InChI is InChI=1S/C13H17FN2O3/c1-8(4-15)13(17)16-5-9-2-11(14)3-10-6-18-7-19-12(9)10/h2-3,8H,4-7,15H2,1H3,(H,16,17). The van der Waals surface area contributed by atoms with E-state index in [0.717, 1.165) is 0 Å². The first-order valence-electron chi connectivity index (χ1n) is 6.11. The third kappa shape index (κ3) is 3.21. The average molecular weight is 268 g/mol. The predicted molar refractivity (Wildman–Crippen MR) is 66.7 cm³/mol. The number of hydrogen-bond donors (Lipinski definition) is 2. The molecule has 0 saturated heterocycles. The van der Waals surface area contributed by atoms with E-state index >= 15 is 0 Å². The van der Waals surface area contributed by atoms with Gasteiger partial charge in [0, 0.05) is 30.1 Å². The number of amides is 1. The second-order valence-electron chi connectivity index (χ2n) is 4.52. The minimum Gasteiger partial charge on any atom is -0.467 e. The lowest BCUT2D eigenvalue weighted by atomic mass is 10.1. The third-order valence-corrected chi connectivity index (χ3v) is 3.01. The summed E-state index contributed by atoms with van der Waals surface area (Å²) in [6.07, 6.45) is 0. The van der Waals surface area contributed by atoms with Gasteiger partial charge in [0.05, 0.1) is 6.61 Å². The molecule has 0 saturated carbocycles. The van der Waals surface area contributed by atoms with Crippen molar-refractivity contribution in [3.05, 3.63) is 29.1 Å². The van der Waals surface area contributed by atoms with Crippen LogP contribution in [0.1, 0.15) is 18.1 Å². The van der Waals surface area contributed by atoms with Gasteiger partial charge in [0.2, 0.25) is 5.91 Å². The lowest BCUT2D eigenvalue weighted by Gasteiger charge is -2.21. The highest BCUT2D eigenvalue weighted by atomic mass is 19.1. The van der Waals surface area contributed by atoms with Crippen LogP contribution in [-0.4, -0.2) is 19.2 Å². The summed E-state index contributed by atoms with van der Waals surface area (Å²) in [7, 11) is 0. The van der Waals surface area contributed by atoms with E-state index in [1.807, 2.05) is 0 Å². The number of fused-ring (bicyclic) bond motifs is 1. The number of benzene rings is 1. The van der Waals surface area contributed by atoms with Crippen molar-refractivity contribution in [2.75, 3.05) is 13.3 Å². The highest BCUT2D eigenvalue weighted by molar-refractivity contribution is 5.78. The van der Waals surface area contributed by atoms with Gasteiger partial charge in [-0.3, -0.25) is 4.79 Å². The fraction of sp³-hybridized carbons (Fsp3) is 0.462. The Labute approximate surface area is 110 Å². The Morgan fingerprint density at radius 2 is 2.37 bits per heavy atom. The number of ether oxygens (including phenoxy) is 2. The van der Waals surface area contributed by atoms with Crippen LogP contribution in [-0.2, 0) is 22.7 Å². The molecule has 0 spiro atoms. The smallest absolute Gasteiger partial charge is 0.224 e. The second kappa shape index (κ2) is 5.99. The van der Waals surface area contributed by atoms with E-state index in [1.54, 1.807) is 6.92 Å². The molecule has 2 rings (SSSR count). The molecule has 1 aliphatic heterocycles. The van der Waals surface area contributed by atoms with Crippen LogP contribution in [0.15, 0.2) is 12.1 Å². The SMILES string of the molecule is CC(CN)C(=O)NCc1cc(F)cc2c1OCOC2. The van der Waals surface area contributed by atoms with Crippen LogP contribution in [0.5, 0.6) is 5.75 Å². The largest absolute Gasteiger partial charge is 0.467 e. The number of nitrogens with two attached hydrogens (primary N) is 1. The lowest BCUT2D eigenvalue weighted by Crippen LogP contribution is -2.33. The first kappa shape index (κ1) is 13.8. The molecule has 0 aromatic heterocycles. The molecule has 0 fully saturated rings. The molecular formula is C13H17FN2O3. The Kier molecular flexibility index (Phi) is 4.34. The summed E-state index contributed by atoms with van der Waals surface area (Å²) in [4.78, 5) is 11.7. The summed E-state index contributed by atoms with van der Waals surface area (Å²) in [5.74, 6) is -0.210. The van der Waals surface area contributed by atoms with Gasteiger partial charge in [-0.05, 0) is 12.1 Å². The summed E-state index contributed by atoms with van der Waals surface area (Å²) < 4.78 is 23.9. The molecule has 5 nitrogen and oxygen atoms in total. The molecule has 6 heteroatoms. The van der Waals surface area contributed by atoms with Crippen LogP contribution >= 0.6 is 0 Å². The van der Waals surface area contributed by atoms with E-state index in [0.29, 0.717) is 23.5 Å². The van der Waals surface area contributed by atoms with Crippen molar-refractivity contribution in [2.45, 2.75) is 20.1 Å². The molecule has 0 aliphatic carbocycles. The lowest BCUT2D eigenvalue weighted by molar-refractivity contribution is -0.124. The fourth-order valence-corrected chi connectivity index (χ4v) is 1.85. The number of carbonyl (C=O) groups excluding carboxylic acids is 1. The molecule has 19 heavy (non-hydrogen) atoms. The topological polar surface area (TPSA) is 73.6 Å². The zero-order valence-electron chi connectivity index (χ0n) is 10.7. The number of carbonyl (C=O) groups is 1. The van der Waals surface area contributed by atoms with Crippen LogP contribution < -0.4 is 15.8 Å².